The number of rotatable bonds is 5. The van der Waals surface area contributed by atoms with Gasteiger partial charge in [0, 0.05) is 12.1 Å². The molecule has 1 aliphatic carbocycles. The summed E-state index contributed by atoms with van der Waals surface area (Å²) in [5, 5.41) is 12.1. The molecule has 1 aromatic rings. The highest BCUT2D eigenvalue weighted by Gasteiger charge is 2.40. The Morgan fingerprint density at radius 2 is 1.79 bits per heavy atom. The highest BCUT2D eigenvalue weighted by atomic mass is 19.1. The number of nitrogens with two attached hydrogens (primary N) is 1. The third-order valence-corrected chi connectivity index (χ3v) is 4.53. The molecule has 2 amide bonds. The first-order valence-corrected chi connectivity index (χ1v) is 7.97. The molecule has 0 atom stereocenters. The van der Waals surface area contributed by atoms with Crippen molar-refractivity contribution < 1.29 is 23.9 Å². The van der Waals surface area contributed by atoms with E-state index in [9.17, 15) is 23.9 Å². The van der Waals surface area contributed by atoms with Crippen LogP contribution >= 0.6 is 0 Å². The van der Waals surface area contributed by atoms with Gasteiger partial charge in [0.15, 0.2) is 0 Å². The summed E-state index contributed by atoms with van der Waals surface area (Å²) >= 11 is 0. The van der Waals surface area contributed by atoms with Crippen LogP contribution in [0.15, 0.2) is 18.2 Å². The van der Waals surface area contributed by atoms with Gasteiger partial charge in [-0.05, 0) is 31.0 Å². The van der Waals surface area contributed by atoms with Crippen molar-refractivity contribution in [1.82, 2.24) is 0 Å². The van der Waals surface area contributed by atoms with E-state index in [1.807, 2.05) is 0 Å². The van der Waals surface area contributed by atoms with Crippen LogP contribution in [0.4, 0.5) is 10.1 Å². The molecular weight excluding hydrogens is 315 g/mol. The predicted molar refractivity (Wildman–Crippen MR) is 85.9 cm³/mol. The zero-order chi connectivity index (χ0) is 17.7. The fourth-order valence-electron chi connectivity index (χ4n) is 3.18. The summed E-state index contributed by atoms with van der Waals surface area (Å²) in [4.78, 5) is 34.9. The third kappa shape index (κ3) is 4.10. The topological polar surface area (TPSA) is 109 Å². The Hall–Kier alpha value is -2.44. The minimum Gasteiger partial charge on any atom is -0.481 e. The van der Waals surface area contributed by atoms with E-state index in [1.165, 1.54) is 12.1 Å². The molecule has 0 aromatic heterocycles. The first kappa shape index (κ1) is 17.9. The number of aliphatic carboxylic acids is 1. The molecule has 0 spiro atoms. The van der Waals surface area contributed by atoms with E-state index < -0.39 is 29.0 Å². The number of carbonyl (C=O) groups excluding carboxylic acids is 2. The van der Waals surface area contributed by atoms with E-state index >= 15 is 0 Å². The number of nitrogens with one attached hydrogen (secondary N) is 1. The summed E-state index contributed by atoms with van der Waals surface area (Å²) in [5.74, 6) is -3.17. The zero-order valence-corrected chi connectivity index (χ0v) is 13.3. The Bertz CT molecular complexity index is 652. The van der Waals surface area contributed by atoms with Gasteiger partial charge in [-0.3, -0.25) is 14.4 Å². The fourth-order valence-corrected chi connectivity index (χ4v) is 3.18. The molecule has 7 heteroatoms. The number of primary amides is 1. The minimum atomic E-state index is -1.06. The van der Waals surface area contributed by atoms with Gasteiger partial charge < -0.3 is 16.2 Å². The van der Waals surface area contributed by atoms with Crippen molar-refractivity contribution in [2.45, 2.75) is 44.9 Å². The van der Waals surface area contributed by atoms with Crippen LogP contribution in [0.1, 0.15) is 55.3 Å². The lowest BCUT2D eigenvalue weighted by atomic mass is 9.77. The number of hydrogen-bond acceptors (Lipinski definition) is 3. The second-order valence-corrected chi connectivity index (χ2v) is 6.28. The average Bonchev–Trinajstić information content (AvgIpc) is 2.73. The lowest BCUT2D eigenvalue weighted by Gasteiger charge is -2.27. The third-order valence-electron chi connectivity index (χ3n) is 4.53. The summed E-state index contributed by atoms with van der Waals surface area (Å²) in [7, 11) is 0. The van der Waals surface area contributed by atoms with Crippen LogP contribution in [0.25, 0.3) is 0 Å². The molecule has 1 saturated carbocycles. The number of hydrogen-bond donors (Lipinski definition) is 3. The van der Waals surface area contributed by atoms with E-state index in [0.717, 1.165) is 31.7 Å². The quantitative estimate of drug-likeness (QED) is 0.718. The molecule has 2 rings (SSSR count). The van der Waals surface area contributed by atoms with Crippen molar-refractivity contribution >= 4 is 23.5 Å². The van der Waals surface area contributed by atoms with Gasteiger partial charge in [0.25, 0.3) is 5.91 Å². The smallest absolute Gasteiger partial charge is 0.310 e. The van der Waals surface area contributed by atoms with Gasteiger partial charge in [0.05, 0.1) is 11.0 Å². The molecule has 0 bridgehead atoms. The summed E-state index contributed by atoms with van der Waals surface area (Å²) in [5.41, 5.74) is 3.86. The number of carboxylic acid groups (broad SMARTS) is 1. The second kappa shape index (κ2) is 7.42. The Morgan fingerprint density at radius 3 is 2.29 bits per heavy atom. The van der Waals surface area contributed by atoms with Gasteiger partial charge in [-0.1, -0.05) is 25.7 Å². The van der Waals surface area contributed by atoms with Crippen LogP contribution < -0.4 is 11.1 Å². The Kier molecular flexibility index (Phi) is 5.54. The Balaban J connectivity index is 2.09. The van der Waals surface area contributed by atoms with Crippen molar-refractivity contribution in [2.75, 3.05) is 5.32 Å². The molecule has 1 aromatic carbocycles. The molecule has 0 aliphatic heterocycles. The fraction of sp³-hybridized carbons (Fsp3) is 0.471. The molecule has 1 fully saturated rings. The van der Waals surface area contributed by atoms with Crippen molar-refractivity contribution in [2.24, 2.45) is 11.1 Å². The maximum Gasteiger partial charge on any atom is 0.310 e. The lowest BCUT2D eigenvalue weighted by Crippen LogP contribution is -2.35. The highest BCUT2D eigenvalue weighted by molar-refractivity contribution is 5.96. The standard InChI is InChI=1S/C17H21FN2O4/c18-13-9-11(5-6-12(13)15(19)22)20-14(21)10-17(16(23)24)7-3-1-2-4-8-17/h5-6,9H,1-4,7-8,10H2,(H2,19,22)(H,20,21)(H,23,24). The molecular formula is C17H21FN2O4. The lowest BCUT2D eigenvalue weighted by molar-refractivity contribution is -0.152. The normalized spacial score (nSPS) is 16.9. The number of anilines is 1. The molecule has 0 unspecified atom stereocenters. The first-order chi connectivity index (χ1) is 11.3. The van der Waals surface area contributed by atoms with Gasteiger partial charge >= 0.3 is 5.97 Å². The Morgan fingerprint density at radius 1 is 1.17 bits per heavy atom. The van der Waals surface area contributed by atoms with E-state index in [2.05, 4.69) is 5.32 Å². The van der Waals surface area contributed by atoms with Crippen LogP contribution in [-0.4, -0.2) is 22.9 Å². The van der Waals surface area contributed by atoms with Gasteiger partial charge in [0.2, 0.25) is 5.91 Å². The number of amides is 2. The number of halogens is 1. The molecule has 24 heavy (non-hydrogen) atoms. The molecule has 4 N–H and O–H groups in total. The van der Waals surface area contributed by atoms with Crippen LogP contribution in [0, 0.1) is 11.2 Å². The van der Waals surface area contributed by atoms with E-state index in [4.69, 9.17) is 5.73 Å². The van der Waals surface area contributed by atoms with E-state index in [0.29, 0.717) is 12.8 Å². The van der Waals surface area contributed by atoms with E-state index in [-0.39, 0.29) is 17.7 Å². The van der Waals surface area contributed by atoms with Gasteiger partial charge in [-0.2, -0.15) is 0 Å². The molecule has 0 radical (unpaired) electrons. The number of carboxylic acids is 1. The van der Waals surface area contributed by atoms with Crippen molar-refractivity contribution in [3.05, 3.63) is 29.6 Å². The van der Waals surface area contributed by atoms with Crippen LogP contribution in [0.5, 0.6) is 0 Å². The summed E-state index contributed by atoms with van der Waals surface area (Å²) < 4.78 is 13.7. The maximum absolute atomic E-state index is 13.7. The summed E-state index contributed by atoms with van der Waals surface area (Å²) in [6, 6.07) is 3.55. The largest absolute Gasteiger partial charge is 0.481 e. The Labute approximate surface area is 139 Å². The highest BCUT2D eigenvalue weighted by Crippen LogP contribution is 2.38. The van der Waals surface area contributed by atoms with Crippen molar-refractivity contribution in [3.8, 4) is 0 Å². The number of benzene rings is 1. The van der Waals surface area contributed by atoms with Gasteiger partial charge in [0.1, 0.15) is 5.82 Å². The maximum atomic E-state index is 13.7. The molecule has 6 nitrogen and oxygen atoms in total. The molecule has 1 aliphatic rings. The van der Waals surface area contributed by atoms with Crippen molar-refractivity contribution in [3.63, 3.8) is 0 Å². The van der Waals surface area contributed by atoms with Crippen molar-refractivity contribution in [1.29, 1.82) is 0 Å². The van der Waals surface area contributed by atoms with E-state index in [1.54, 1.807) is 0 Å². The van der Waals surface area contributed by atoms with Crippen LogP contribution in [0.3, 0.4) is 0 Å². The van der Waals surface area contributed by atoms with Gasteiger partial charge in [-0.15, -0.1) is 0 Å². The van der Waals surface area contributed by atoms with Gasteiger partial charge in [-0.25, -0.2) is 4.39 Å². The van der Waals surface area contributed by atoms with Crippen LogP contribution in [0.2, 0.25) is 0 Å². The monoisotopic (exact) mass is 336 g/mol. The average molecular weight is 336 g/mol. The SMILES string of the molecule is NC(=O)c1ccc(NC(=O)CC2(C(=O)O)CCCCCC2)cc1F. The zero-order valence-electron chi connectivity index (χ0n) is 13.3. The molecule has 130 valence electrons. The second-order valence-electron chi connectivity index (χ2n) is 6.28. The summed E-state index contributed by atoms with van der Waals surface area (Å²) in [6.07, 6.45) is 4.27. The first-order valence-electron chi connectivity index (χ1n) is 7.97. The number of carbonyl (C=O) groups is 3. The minimum absolute atomic E-state index is 0.151. The molecule has 0 heterocycles. The predicted octanol–water partition coefficient (Wildman–Crippen LogP) is 2.68. The summed E-state index contributed by atoms with van der Waals surface area (Å²) in [6.45, 7) is 0. The van der Waals surface area contributed by atoms with Crippen LogP contribution in [-0.2, 0) is 9.59 Å². The molecule has 0 saturated heterocycles.